The van der Waals surface area contributed by atoms with Gasteiger partial charge in [-0.05, 0) is 37.1 Å². The highest BCUT2D eigenvalue weighted by atomic mass is 35.5. The van der Waals surface area contributed by atoms with Gasteiger partial charge in [0.1, 0.15) is 5.52 Å². The Morgan fingerprint density at radius 3 is 2.62 bits per heavy atom. The number of aromatic nitrogens is 4. The van der Waals surface area contributed by atoms with Gasteiger partial charge in [-0.2, -0.15) is 20.0 Å². The third-order valence-corrected chi connectivity index (χ3v) is 6.39. The van der Waals surface area contributed by atoms with Gasteiger partial charge in [0.25, 0.3) is 11.9 Å². The lowest BCUT2D eigenvalue weighted by Gasteiger charge is -2.30. The zero-order valence-corrected chi connectivity index (χ0v) is 18.6. The van der Waals surface area contributed by atoms with Crippen LogP contribution >= 0.6 is 11.6 Å². The largest absolute Gasteiger partial charge is 0.422 e. The zero-order valence-electron chi connectivity index (χ0n) is 17.8. The van der Waals surface area contributed by atoms with Crippen molar-refractivity contribution in [1.29, 1.82) is 0 Å². The number of fused-ring (bicyclic) bond motifs is 1. The molecule has 164 valence electrons. The molecule has 2 aromatic heterocycles. The Morgan fingerprint density at radius 1 is 1.06 bits per heavy atom. The lowest BCUT2D eigenvalue weighted by Crippen LogP contribution is -2.42. The molecule has 0 bridgehead atoms. The standard InChI is InChI=1S/C23H23ClN6O2/c1-15-14-28(23-27-19-8-5-7-18(24)21(19)32-23)12-13-29(16(15)2)22(31)17-6-3-4-9-20(17)30-25-10-11-26-30/h3-11,15-16H,12-14H2,1-2H3. The normalized spacial score (nSPS) is 19.3. The Kier molecular flexibility index (Phi) is 5.30. The van der Waals surface area contributed by atoms with E-state index in [9.17, 15) is 4.79 Å². The van der Waals surface area contributed by atoms with Crippen molar-refractivity contribution in [2.24, 2.45) is 5.92 Å². The van der Waals surface area contributed by atoms with Gasteiger partial charge < -0.3 is 14.2 Å². The van der Waals surface area contributed by atoms with Gasteiger partial charge in [0.05, 0.1) is 28.7 Å². The molecular formula is C23H23ClN6O2. The van der Waals surface area contributed by atoms with E-state index in [1.54, 1.807) is 18.5 Å². The average Bonchev–Trinajstić information content (AvgIpc) is 3.46. The van der Waals surface area contributed by atoms with E-state index in [-0.39, 0.29) is 17.9 Å². The molecule has 2 unspecified atom stereocenters. The van der Waals surface area contributed by atoms with Gasteiger partial charge in [0.15, 0.2) is 5.58 Å². The van der Waals surface area contributed by atoms with E-state index in [0.29, 0.717) is 41.0 Å². The van der Waals surface area contributed by atoms with Crippen LogP contribution in [0.1, 0.15) is 24.2 Å². The minimum absolute atomic E-state index is 0.0269. The van der Waals surface area contributed by atoms with E-state index in [0.717, 1.165) is 12.1 Å². The van der Waals surface area contributed by atoms with Crippen molar-refractivity contribution >= 4 is 34.6 Å². The monoisotopic (exact) mass is 450 g/mol. The summed E-state index contributed by atoms with van der Waals surface area (Å²) in [4.78, 5) is 23.7. The molecule has 8 nitrogen and oxygen atoms in total. The second-order valence-electron chi connectivity index (χ2n) is 8.08. The summed E-state index contributed by atoms with van der Waals surface area (Å²) < 4.78 is 5.99. The van der Waals surface area contributed by atoms with Crippen molar-refractivity contribution in [3.8, 4) is 5.69 Å². The maximum atomic E-state index is 13.6. The second-order valence-corrected chi connectivity index (χ2v) is 8.49. The van der Waals surface area contributed by atoms with Crippen LogP contribution in [0.5, 0.6) is 0 Å². The van der Waals surface area contributed by atoms with Crippen LogP contribution in [0.2, 0.25) is 5.02 Å². The Labute approximate surface area is 190 Å². The fourth-order valence-corrected chi connectivity index (χ4v) is 4.36. The van der Waals surface area contributed by atoms with Crippen molar-refractivity contribution in [3.63, 3.8) is 0 Å². The molecule has 5 rings (SSSR count). The molecule has 0 aliphatic carbocycles. The molecule has 1 fully saturated rings. The van der Waals surface area contributed by atoms with Gasteiger partial charge in [0, 0.05) is 25.7 Å². The van der Waals surface area contributed by atoms with E-state index in [1.165, 1.54) is 4.80 Å². The summed E-state index contributed by atoms with van der Waals surface area (Å²) >= 11 is 6.27. The van der Waals surface area contributed by atoms with Gasteiger partial charge in [-0.3, -0.25) is 4.79 Å². The molecule has 0 spiro atoms. The Morgan fingerprint density at radius 2 is 1.84 bits per heavy atom. The minimum atomic E-state index is -0.0419. The van der Waals surface area contributed by atoms with Gasteiger partial charge in [-0.1, -0.05) is 36.7 Å². The van der Waals surface area contributed by atoms with Crippen LogP contribution in [0.25, 0.3) is 16.8 Å². The Balaban J connectivity index is 1.43. The van der Waals surface area contributed by atoms with Crippen molar-refractivity contribution in [3.05, 3.63) is 65.4 Å². The first kappa shape index (κ1) is 20.5. The van der Waals surface area contributed by atoms with Crippen LogP contribution in [-0.4, -0.2) is 56.5 Å². The summed E-state index contributed by atoms with van der Waals surface area (Å²) in [6.45, 7) is 6.09. The second kappa shape index (κ2) is 8.27. The quantitative estimate of drug-likeness (QED) is 0.468. The number of carbonyl (C=O) groups is 1. The fraction of sp³-hybridized carbons (Fsp3) is 0.304. The molecule has 0 N–H and O–H groups in total. The Hall–Kier alpha value is -3.39. The number of anilines is 1. The highest BCUT2D eigenvalue weighted by Crippen LogP contribution is 2.30. The lowest BCUT2D eigenvalue weighted by atomic mass is 10.0. The number of amides is 1. The fourth-order valence-electron chi connectivity index (χ4n) is 4.15. The summed E-state index contributed by atoms with van der Waals surface area (Å²) in [5.74, 6) is 0.154. The van der Waals surface area contributed by atoms with Crippen LogP contribution in [0.3, 0.4) is 0 Å². The molecule has 0 saturated carbocycles. The summed E-state index contributed by atoms with van der Waals surface area (Å²) in [5.41, 5.74) is 2.55. The SMILES string of the molecule is CC1CN(c2nc3cccc(Cl)c3o2)CCN(C(=O)c2ccccc2-n2nccn2)C1C. The maximum Gasteiger partial charge on any atom is 0.298 e. The van der Waals surface area contributed by atoms with Crippen molar-refractivity contribution < 1.29 is 9.21 Å². The lowest BCUT2D eigenvalue weighted by molar-refractivity contribution is 0.0670. The molecule has 4 aromatic rings. The molecule has 1 aliphatic heterocycles. The molecule has 9 heteroatoms. The molecule has 1 aliphatic rings. The minimum Gasteiger partial charge on any atom is -0.422 e. The van der Waals surface area contributed by atoms with Crippen molar-refractivity contribution in [2.75, 3.05) is 24.5 Å². The maximum absolute atomic E-state index is 13.6. The number of halogens is 1. The molecule has 2 aromatic carbocycles. The predicted octanol–water partition coefficient (Wildman–Crippen LogP) is 4.05. The summed E-state index contributed by atoms with van der Waals surface area (Å²) in [5, 5.41) is 8.94. The molecule has 3 heterocycles. The number of nitrogens with zero attached hydrogens (tertiary/aromatic N) is 6. The third kappa shape index (κ3) is 3.60. The number of carbonyl (C=O) groups excluding carboxylic acids is 1. The highest BCUT2D eigenvalue weighted by molar-refractivity contribution is 6.34. The number of rotatable bonds is 3. The van der Waals surface area contributed by atoms with E-state index in [1.807, 2.05) is 41.3 Å². The van der Waals surface area contributed by atoms with Crippen LogP contribution < -0.4 is 4.90 Å². The number of hydrogen-bond acceptors (Lipinski definition) is 6. The average molecular weight is 451 g/mol. The zero-order chi connectivity index (χ0) is 22.2. The van der Waals surface area contributed by atoms with Gasteiger partial charge in [-0.25, -0.2) is 0 Å². The van der Waals surface area contributed by atoms with Crippen LogP contribution in [0.15, 0.2) is 59.3 Å². The summed E-state index contributed by atoms with van der Waals surface area (Å²) in [7, 11) is 0. The van der Waals surface area contributed by atoms with E-state index in [4.69, 9.17) is 16.0 Å². The first-order chi connectivity index (χ1) is 15.5. The summed E-state index contributed by atoms with van der Waals surface area (Å²) in [6.07, 6.45) is 3.20. The Bertz CT molecular complexity index is 1250. The third-order valence-electron chi connectivity index (χ3n) is 6.09. The topological polar surface area (TPSA) is 80.3 Å². The number of para-hydroxylation sites is 2. The van der Waals surface area contributed by atoms with E-state index < -0.39 is 0 Å². The molecule has 1 saturated heterocycles. The summed E-state index contributed by atoms with van der Waals surface area (Å²) in [6, 6.07) is 13.5. The molecule has 2 atom stereocenters. The molecule has 0 radical (unpaired) electrons. The smallest absolute Gasteiger partial charge is 0.298 e. The molecular weight excluding hydrogens is 428 g/mol. The van der Waals surface area contributed by atoms with Crippen LogP contribution in [0.4, 0.5) is 6.01 Å². The van der Waals surface area contributed by atoms with Gasteiger partial charge >= 0.3 is 0 Å². The number of oxazole rings is 1. The first-order valence-electron chi connectivity index (χ1n) is 10.6. The highest BCUT2D eigenvalue weighted by Gasteiger charge is 2.33. The molecule has 32 heavy (non-hydrogen) atoms. The first-order valence-corrected chi connectivity index (χ1v) is 11.0. The van der Waals surface area contributed by atoms with Crippen LogP contribution in [-0.2, 0) is 0 Å². The number of benzene rings is 2. The predicted molar refractivity (Wildman–Crippen MR) is 122 cm³/mol. The molecule has 1 amide bonds. The van der Waals surface area contributed by atoms with Crippen LogP contribution in [0, 0.1) is 5.92 Å². The van der Waals surface area contributed by atoms with E-state index in [2.05, 4.69) is 33.9 Å². The van der Waals surface area contributed by atoms with Crippen molar-refractivity contribution in [1.82, 2.24) is 24.9 Å². The van der Waals surface area contributed by atoms with E-state index >= 15 is 0 Å². The number of hydrogen-bond donors (Lipinski definition) is 0. The van der Waals surface area contributed by atoms with Crippen molar-refractivity contribution in [2.45, 2.75) is 19.9 Å². The van der Waals surface area contributed by atoms with Gasteiger partial charge in [0.2, 0.25) is 0 Å². The van der Waals surface area contributed by atoms with Gasteiger partial charge in [-0.15, -0.1) is 0 Å².